The zero-order chi connectivity index (χ0) is 14.5. The van der Waals surface area contributed by atoms with E-state index in [-0.39, 0.29) is 0 Å². The van der Waals surface area contributed by atoms with E-state index in [4.69, 9.17) is 34.2 Å². The van der Waals surface area contributed by atoms with Crippen molar-refractivity contribution >= 4 is 23.2 Å². The molecular formula is C8H8Cl2. The fraction of sp³-hybridized carbons (Fsp3) is 0.250. The van der Waals surface area contributed by atoms with E-state index in [9.17, 15) is 0 Å². The lowest BCUT2D eigenvalue weighted by molar-refractivity contribution is 1.36. The molecule has 0 saturated carbocycles. The Balaban J connectivity index is 3.79. The van der Waals surface area contributed by atoms with Crippen molar-refractivity contribution in [3.05, 3.63) is 34.3 Å². The van der Waals surface area contributed by atoms with Gasteiger partial charge >= 0.3 is 0 Å². The molecule has 0 aromatic heterocycles. The molecule has 0 bridgehead atoms. The number of alkyl halides is 1. The molecule has 1 aromatic carbocycles. The van der Waals surface area contributed by atoms with E-state index < -0.39 is 47.0 Å². The van der Waals surface area contributed by atoms with E-state index in [2.05, 4.69) is 0 Å². The first kappa shape index (κ1) is 2.40. The van der Waals surface area contributed by atoms with Crippen molar-refractivity contribution in [3.63, 3.8) is 0 Å². The quantitative estimate of drug-likeness (QED) is 0.585. The molecule has 0 radical (unpaired) electrons. The van der Waals surface area contributed by atoms with Crippen LogP contribution < -0.4 is 0 Å². The summed E-state index contributed by atoms with van der Waals surface area (Å²) in [4.78, 5) is 0. The Hall–Kier alpha value is -0.200. The molecule has 0 amide bonds. The van der Waals surface area contributed by atoms with Gasteiger partial charge in [-0.25, -0.2) is 0 Å². The predicted molar refractivity (Wildman–Crippen MR) is 45.7 cm³/mol. The van der Waals surface area contributed by atoms with Crippen molar-refractivity contribution in [2.45, 2.75) is 12.7 Å². The van der Waals surface area contributed by atoms with Gasteiger partial charge in [-0.1, -0.05) is 23.7 Å². The summed E-state index contributed by atoms with van der Waals surface area (Å²) < 4.78 is 58.9. The van der Waals surface area contributed by atoms with Gasteiger partial charge in [-0.05, 0) is 24.0 Å². The van der Waals surface area contributed by atoms with Crippen LogP contribution in [0.1, 0.15) is 22.1 Å². The highest BCUT2D eigenvalue weighted by Gasteiger charge is 1.94. The molecular weight excluding hydrogens is 167 g/mol. The lowest BCUT2D eigenvalue weighted by Crippen LogP contribution is -1.79. The summed E-state index contributed by atoms with van der Waals surface area (Å²) in [6.07, 6.45) is 0. The molecule has 0 aliphatic heterocycles. The molecule has 10 heavy (non-hydrogen) atoms. The molecule has 0 N–H and O–H groups in total. The number of hydrogen-bond acceptors (Lipinski definition) is 0. The van der Waals surface area contributed by atoms with E-state index >= 15 is 0 Å². The number of rotatable bonds is 1. The molecule has 0 aliphatic rings. The van der Waals surface area contributed by atoms with Crippen LogP contribution in [0.3, 0.4) is 0 Å². The largest absolute Gasteiger partial charge is 0.122 e. The third kappa shape index (κ3) is 1.65. The fourth-order valence-electron chi connectivity index (χ4n) is 0.431. The second-order valence-electron chi connectivity index (χ2n) is 1.53. The Bertz CT molecular complexity index is 413. The summed E-state index contributed by atoms with van der Waals surface area (Å²) in [6, 6.07) is -2.16. The second-order valence-corrected chi connectivity index (χ2v) is 2.10. The summed E-state index contributed by atoms with van der Waals surface area (Å²) in [6.45, 7) is -2.75. The molecule has 0 nitrogen and oxygen atoms in total. The summed E-state index contributed by atoms with van der Waals surface area (Å²) >= 11 is 11.1. The molecule has 0 aliphatic carbocycles. The van der Waals surface area contributed by atoms with Gasteiger partial charge in [0.05, 0.1) is 4.11 Å². The molecule has 1 aromatic rings. The third-order valence-corrected chi connectivity index (χ3v) is 1.33. The van der Waals surface area contributed by atoms with E-state index in [1.807, 2.05) is 0 Å². The van der Waals surface area contributed by atoms with Crippen molar-refractivity contribution in [2.24, 2.45) is 0 Å². The Morgan fingerprint density at radius 2 is 2.60 bits per heavy atom. The zero-order valence-electron chi connectivity index (χ0n) is 12.8. The van der Waals surface area contributed by atoms with Gasteiger partial charge in [-0.15, -0.1) is 11.6 Å². The molecule has 0 spiro atoms. The van der Waals surface area contributed by atoms with Crippen LogP contribution in [0.2, 0.25) is 5.02 Å². The van der Waals surface area contributed by atoms with Gasteiger partial charge in [0, 0.05) is 17.7 Å². The van der Waals surface area contributed by atoms with Gasteiger partial charge < -0.3 is 0 Å². The van der Waals surface area contributed by atoms with Crippen molar-refractivity contribution < 1.29 is 11.0 Å². The molecule has 54 valence electrons. The Morgan fingerprint density at radius 1 is 1.80 bits per heavy atom. The average Bonchev–Trinajstić information content (AvgIpc) is 2.10. The van der Waals surface area contributed by atoms with Crippen LogP contribution in [0, 0.1) is 6.85 Å². The first-order valence-corrected chi connectivity index (χ1v) is 3.13. The predicted octanol–water partition coefficient (Wildman–Crippen LogP) is 3.39. The maximum atomic E-state index is 7.60. The Kier molecular flexibility index (Phi) is 0.783. The monoisotopic (exact) mass is 182 g/mol. The number of hydrogen-bond donors (Lipinski definition) is 0. The minimum absolute atomic E-state index is 0.574. The zero-order valence-corrected chi connectivity index (χ0v) is 6.27. The third-order valence-electron chi connectivity index (χ3n) is 0.861. The lowest BCUT2D eigenvalue weighted by atomic mass is 10.2. The maximum absolute atomic E-state index is 7.60. The van der Waals surface area contributed by atoms with Crippen molar-refractivity contribution in [1.29, 1.82) is 0 Å². The summed E-state index contributed by atoms with van der Waals surface area (Å²) in [5.41, 5.74) is -1.24. The molecule has 1 rings (SSSR count). The van der Waals surface area contributed by atoms with Crippen LogP contribution in [-0.2, 0) is 5.83 Å². The van der Waals surface area contributed by atoms with E-state index in [0.29, 0.717) is 0 Å². The van der Waals surface area contributed by atoms with Crippen LogP contribution in [-0.4, -0.2) is 0 Å². The highest BCUT2D eigenvalue weighted by molar-refractivity contribution is 6.31. The average molecular weight is 183 g/mol. The number of benzene rings is 1. The lowest BCUT2D eigenvalue weighted by Gasteiger charge is -1.98. The van der Waals surface area contributed by atoms with E-state index in [1.165, 1.54) is 0 Å². The molecule has 0 fully saturated rings. The SMILES string of the molecule is [2H]c1c([2H])c(C([2H])([2H])Cl)c([2H])c(Cl)c1C([2H])([2H])[2H]. The van der Waals surface area contributed by atoms with Crippen molar-refractivity contribution in [1.82, 2.24) is 0 Å². The van der Waals surface area contributed by atoms with Crippen molar-refractivity contribution in [2.75, 3.05) is 0 Å². The van der Waals surface area contributed by atoms with Gasteiger partial charge in [0.1, 0.15) is 0 Å². The normalized spacial score (nSPS) is 24.2. The van der Waals surface area contributed by atoms with Crippen molar-refractivity contribution in [3.8, 4) is 0 Å². The topological polar surface area (TPSA) is 0 Å². The summed E-state index contributed by atoms with van der Waals surface area (Å²) in [5.74, 6) is -2.57. The van der Waals surface area contributed by atoms with Gasteiger partial charge in [-0.3, -0.25) is 0 Å². The fourth-order valence-corrected chi connectivity index (χ4v) is 0.667. The first-order chi connectivity index (χ1) is 7.89. The molecule has 0 saturated heterocycles. The summed E-state index contributed by atoms with van der Waals surface area (Å²) in [5, 5.41) is -0.574. The standard InChI is InChI=1S/C8H8Cl2/c1-6-2-3-7(5-9)4-8(6)10/h2-4H,5H2,1H3/i1D3,2D,3D,4D,5D2. The highest BCUT2D eigenvalue weighted by atomic mass is 35.5. The maximum Gasteiger partial charge on any atom is 0.0642 e. The second kappa shape index (κ2) is 3.27. The van der Waals surface area contributed by atoms with Crippen LogP contribution >= 0.6 is 23.2 Å². The minimum Gasteiger partial charge on any atom is -0.122 e. The molecule has 0 atom stereocenters. The first-order valence-electron chi connectivity index (χ1n) is 6.38. The Morgan fingerprint density at radius 3 is 3.20 bits per heavy atom. The Labute approximate surface area is 82.0 Å². The molecule has 0 heterocycles. The van der Waals surface area contributed by atoms with Gasteiger partial charge in [0.2, 0.25) is 0 Å². The van der Waals surface area contributed by atoms with Crippen LogP contribution in [0.15, 0.2) is 18.1 Å². The van der Waals surface area contributed by atoms with E-state index in [1.54, 1.807) is 0 Å². The molecule has 2 heteroatoms. The molecule has 0 unspecified atom stereocenters. The van der Waals surface area contributed by atoms with Crippen LogP contribution in [0.4, 0.5) is 0 Å². The van der Waals surface area contributed by atoms with Gasteiger partial charge in [-0.2, -0.15) is 0 Å². The highest BCUT2D eigenvalue weighted by Crippen LogP contribution is 2.17. The van der Waals surface area contributed by atoms with Crippen LogP contribution in [0.25, 0.3) is 0 Å². The summed E-state index contributed by atoms with van der Waals surface area (Å²) in [7, 11) is 0. The smallest absolute Gasteiger partial charge is 0.0642 e. The number of halogens is 2. The minimum atomic E-state index is -2.75. The van der Waals surface area contributed by atoms with Gasteiger partial charge in [0.25, 0.3) is 0 Å². The van der Waals surface area contributed by atoms with Crippen LogP contribution in [0.5, 0.6) is 0 Å². The van der Waals surface area contributed by atoms with Gasteiger partial charge in [0.15, 0.2) is 0 Å². The van der Waals surface area contributed by atoms with E-state index in [0.717, 1.165) is 0 Å².